The van der Waals surface area contributed by atoms with Crippen LogP contribution in [0.2, 0.25) is 0 Å². The second-order valence-electron chi connectivity index (χ2n) is 11.9. The summed E-state index contributed by atoms with van der Waals surface area (Å²) in [5.41, 5.74) is 0. The molecule has 2 aliphatic rings. The number of unbranched alkanes of at least 4 members (excludes halogenated alkanes) is 4. The zero-order valence-corrected chi connectivity index (χ0v) is 22.9. The van der Waals surface area contributed by atoms with Crippen molar-refractivity contribution >= 4 is 0 Å². The average Bonchev–Trinajstić information content (AvgIpc) is 2.89. The first-order chi connectivity index (χ1) is 16.4. The second-order valence-corrected chi connectivity index (χ2v) is 11.9. The summed E-state index contributed by atoms with van der Waals surface area (Å²) in [5, 5.41) is 3.97. The Kier molecular flexibility index (Phi) is 19.8. The van der Waals surface area contributed by atoms with Crippen LogP contribution in [0.3, 0.4) is 0 Å². The number of rotatable bonds is 9. The van der Waals surface area contributed by atoms with Gasteiger partial charge in [0.1, 0.15) is 0 Å². The highest BCUT2D eigenvalue weighted by molar-refractivity contribution is 4.68. The second kappa shape index (κ2) is 22.4. The van der Waals surface area contributed by atoms with Gasteiger partial charge in [-0.25, -0.2) is 0 Å². The van der Waals surface area contributed by atoms with E-state index in [1.54, 1.807) is 0 Å². The van der Waals surface area contributed by atoms with Crippen molar-refractivity contribution in [3.05, 3.63) is 0 Å². The largest absolute Gasteiger partial charge is 0.314 e. The Balaban J connectivity index is 1.47. The van der Waals surface area contributed by atoms with Crippen molar-refractivity contribution in [2.75, 3.05) is 6.54 Å². The van der Waals surface area contributed by atoms with Crippen LogP contribution in [-0.4, -0.2) is 12.6 Å². The molecule has 0 atom stereocenters. The molecule has 0 aromatic carbocycles. The molecule has 196 valence electrons. The topological polar surface area (TPSA) is 12.0 Å². The van der Waals surface area contributed by atoms with E-state index in [0.29, 0.717) is 0 Å². The molecule has 1 nitrogen and oxygen atoms in total. The summed E-state index contributed by atoms with van der Waals surface area (Å²) in [4.78, 5) is 0. The van der Waals surface area contributed by atoms with Crippen molar-refractivity contribution in [2.24, 2.45) is 5.92 Å². The summed E-state index contributed by atoms with van der Waals surface area (Å²) in [6.45, 7) is 1.27. The lowest BCUT2D eigenvalue weighted by Gasteiger charge is -2.19. The summed E-state index contributed by atoms with van der Waals surface area (Å²) < 4.78 is 0. The van der Waals surface area contributed by atoms with E-state index in [4.69, 9.17) is 0 Å². The molecule has 0 aromatic rings. The minimum Gasteiger partial charge on any atom is -0.314 e. The molecule has 1 heteroatoms. The molecule has 2 fully saturated rings. The standard InChI is InChI=1S/C32H63N/c1-2-4-10-16-22-28-32(29-23-17-11-5-3-1)33-30-24-18-12-15-21-27-31-25-19-13-8-6-7-9-14-20-26-31/h31-33H,1-30H2. The Hall–Kier alpha value is -0.0400. The van der Waals surface area contributed by atoms with Crippen LogP contribution in [0.4, 0.5) is 0 Å². The van der Waals surface area contributed by atoms with Gasteiger partial charge in [0.2, 0.25) is 0 Å². The molecule has 0 aliphatic heterocycles. The fraction of sp³-hybridized carbons (Fsp3) is 1.00. The molecule has 2 rings (SSSR count). The monoisotopic (exact) mass is 461 g/mol. The number of hydrogen-bond acceptors (Lipinski definition) is 1. The van der Waals surface area contributed by atoms with Gasteiger partial charge in [-0.2, -0.15) is 0 Å². The Labute approximate surface area is 210 Å². The van der Waals surface area contributed by atoms with Crippen molar-refractivity contribution in [1.29, 1.82) is 0 Å². The zero-order valence-electron chi connectivity index (χ0n) is 22.9. The molecule has 2 saturated carbocycles. The first-order valence-electron chi connectivity index (χ1n) is 16.2. The highest BCUT2D eigenvalue weighted by Crippen LogP contribution is 2.25. The van der Waals surface area contributed by atoms with Crippen molar-refractivity contribution in [3.63, 3.8) is 0 Å². The third-order valence-corrected chi connectivity index (χ3v) is 8.80. The Morgan fingerprint density at radius 1 is 0.364 bits per heavy atom. The van der Waals surface area contributed by atoms with Crippen LogP contribution in [0, 0.1) is 5.92 Å². The van der Waals surface area contributed by atoms with Crippen molar-refractivity contribution < 1.29 is 0 Å². The molecule has 0 bridgehead atoms. The third kappa shape index (κ3) is 18.0. The van der Waals surface area contributed by atoms with Gasteiger partial charge in [0, 0.05) is 6.04 Å². The molecule has 1 N–H and O–H groups in total. The Morgan fingerprint density at radius 2 is 0.727 bits per heavy atom. The molecule has 33 heavy (non-hydrogen) atoms. The maximum Gasteiger partial charge on any atom is 0.00670 e. The van der Waals surface area contributed by atoms with Crippen LogP contribution in [0.15, 0.2) is 0 Å². The van der Waals surface area contributed by atoms with E-state index in [1.165, 1.54) is 193 Å². The van der Waals surface area contributed by atoms with Gasteiger partial charge in [-0.1, -0.05) is 167 Å². The SMILES string of the molecule is C1CCCCCCC(NCCCCCCCC2CCCCCCCCCC2)CCCCCC1. The van der Waals surface area contributed by atoms with E-state index >= 15 is 0 Å². The lowest BCUT2D eigenvalue weighted by Crippen LogP contribution is -2.30. The molecule has 0 aromatic heterocycles. The smallest absolute Gasteiger partial charge is 0.00670 e. The van der Waals surface area contributed by atoms with E-state index in [0.717, 1.165) is 12.0 Å². The quantitative estimate of drug-likeness (QED) is 0.336. The van der Waals surface area contributed by atoms with Crippen LogP contribution >= 0.6 is 0 Å². The third-order valence-electron chi connectivity index (χ3n) is 8.80. The van der Waals surface area contributed by atoms with E-state index in [2.05, 4.69) is 5.32 Å². The predicted molar refractivity (Wildman–Crippen MR) is 149 cm³/mol. The molecular weight excluding hydrogens is 398 g/mol. The summed E-state index contributed by atoms with van der Waals surface area (Å²) in [7, 11) is 0. The highest BCUT2D eigenvalue weighted by Gasteiger charge is 2.10. The summed E-state index contributed by atoms with van der Waals surface area (Å²) in [6, 6.07) is 0.810. The minimum atomic E-state index is 0.810. The molecule has 0 spiro atoms. The summed E-state index contributed by atoms with van der Waals surface area (Å²) >= 11 is 0. The Bertz CT molecular complexity index is 366. The van der Waals surface area contributed by atoms with Crippen LogP contribution in [0.5, 0.6) is 0 Å². The summed E-state index contributed by atoms with van der Waals surface area (Å²) in [5.74, 6) is 1.06. The lowest BCUT2D eigenvalue weighted by atomic mass is 9.90. The average molecular weight is 462 g/mol. The van der Waals surface area contributed by atoms with E-state index in [-0.39, 0.29) is 0 Å². The van der Waals surface area contributed by atoms with Crippen LogP contribution in [0.25, 0.3) is 0 Å². The van der Waals surface area contributed by atoms with Gasteiger partial charge >= 0.3 is 0 Å². The molecule has 0 radical (unpaired) electrons. The van der Waals surface area contributed by atoms with Crippen molar-refractivity contribution in [1.82, 2.24) is 5.32 Å². The van der Waals surface area contributed by atoms with Crippen LogP contribution in [-0.2, 0) is 0 Å². The molecule has 0 unspecified atom stereocenters. The first-order valence-corrected chi connectivity index (χ1v) is 16.2. The van der Waals surface area contributed by atoms with Gasteiger partial charge < -0.3 is 5.32 Å². The molecule has 0 heterocycles. The van der Waals surface area contributed by atoms with E-state index in [9.17, 15) is 0 Å². The van der Waals surface area contributed by atoms with Gasteiger partial charge in [-0.3, -0.25) is 0 Å². The molecule has 0 amide bonds. The van der Waals surface area contributed by atoms with Gasteiger partial charge in [0.05, 0.1) is 0 Å². The van der Waals surface area contributed by atoms with Gasteiger partial charge in [0.15, 0.2) is 0 Å². The minimum absolute atomic E-state index is 0.810. The predicted octanol–water partition coefficient (Wildman–Crippen LogP) is 10.9. The zero-order chi connectivity index (χ0) is 23.1. The number of nitrogens with one attached hydrogen (secondary N) is 1. The van der Waals surface area contributed by atoms with Crippen molar-refractivity contribution in [3.8, 4) is 0 Å². The Morgan fingerprint density at radius 3 is 1.21 bits per heavy atom. The summed E-state index contributed by atoms with van der Waals surface area (Å²) in [6.07, 6.45) is 43.1. The fourth-order valence-corrected chi connectivity index (χ4v) is 6.48. The highest BCUT2D eigenvalue weighted by atomic mass is 14.9. The van der Waals surface area contributed by atoms with Gasteiger partial charge in [-0.15, -0.1) is 0 Å². The van der Waals surface area contributed by atoms with Gasteiger partial charge in [0.25, 0.3) is 0 Å². The molecule has 0 saturated heterocycles. The van der Waals surface area contributed by atoms with Gasteiger partial charge in [-0.05, 0) is 31.7 Å². The molecular formula is C32H63N. The van der Waals surface area contributed by atoms with Crippen LogP contribution in [0.1, 0.15) is 186 Å². The number of hydrogen-bond donors (Lipinski definition) is 1. The maximum atomic E-state index is 3.97. The normalized spacial score (nSPS) is 22.9. The maximum absolute atomic E-state index is 3.97. The fourth-order valence-electron chi connectivity index (χ4n) is 6.48. The van der Waals surface area contributed by atoms with Crippen molar-refractivity contribution in [2.45, 2.75) is 192 Å². The van der Waals surface area contributed by atoms with E-state index < -0.39 is 0 Å². The lowest BCUT2D eigenvalue weighted by molar-refractivity contribution is 0.371. The first kappa shape index (κ1) is 29.2. The van der Waals surface area contributed by atoms with E-state index in [1.807, 2.05) is 0 Å². The molecule has 2 aliphatic carbocycles. The van der Waals surface area contributed by atoms with Crippen LogP contribution < -0.4 is 5.32 Å².